The van der Waals surface area contributed by atoms with Crippen molar-refractivity contribution in [3.8, 4) is 23.1 Å². The lowest BCUT2D eigenvalue weighted by molar-refractivity contribution is 0.0408. The van der Waals surface area contributed by atoms with Crippen LogP contribution in [0.3, 0.4) is 0 Å². The highest BCUT2D eigenvalue weighted by Crippen LogP contribution is 2.27. The molecule has 1 amide bonds. The zero-order valence-corrected chi connectivity index (χ0v) is 20.2. The van der Waals surface area contributed by atoms with Gasteiger partial charge in [0, 0.05) is 11.3 Å². The van der Waals surface area contributed by atoms with E-state index in [4.69, 9.17) is 9.47 Å². The van der Waals surface area contributed by atoms with Crippen molar-refractivity contribution in [2.75, 3.05) is 6.61 Å². The largest absolute Gasteiger partial charge is 0.490 e. The summed E-state index contributed by atoms with van der Waals surface area (Å²) in [6.07, 6.45) is 2.54. The van der Waals surface area contributed by atoms with Crippen molar-refractivity contribution in [2.45, 2.75) is 72.4 Å². The number of aromatic nitrogens is 2. The fourth-order valence-electron chi connectivity index (χ4n) is 3.49. The topological polar surface area (TPSA) is 97.1 Å². The fraction of sp³-hybridized carbons (Fsp3) is 0.520. The second-order valence-corrected chi connectivity index (χ2v) is 9.65. The van der Waals surface area contributed by atoms with Crippen LogP contribution in [0.25, 0.3) is 11.3 Å². The molecule has 0 spiro atoms. The van der Waals surface area contributed by atoms with E-state index in [1.54, 1.807) is 12.1 Å². The normalized spacial score (nSPS) is 13.2. The maximum Gasteiger partial charge on any atom is 0.408 e. The van der Waals surface area contributed by atoms with Crippen molar-refractivity contribution in [2.24, 2.45) is 5.92 Å². The molecule has 0 aliphatic carbocycles. The first-order valence-corrected chi connectivity index (χ1v) is 10.9. The third-order valence-electron chi connectivity index (χ3n) is 4.69. The van der Waals surface area contributed by atoms with E-state index in [1.807, 2.05) is 46.8 Å². The number of benzene rings is 1. The van der Waals surface area contributed by atoms with Crippen LogP contribution in [0.4, 0.5) is 4.79 Å². The van der Waals surface area contributed by atoms with Gasteiger partial charge in [-0.2, -0.15) is 5.26 Å². The molecule has 1 N–H and O–H groups in total. The average molecular weight is 439 g/mol. The number of hydrogen-bond donors (Lipinski definition) is 1. The highest BCUT2D eigenvalue weighted by atomic mass is 16.6. The summed E-state index contributed by atoms with van der Waals surface area (Å²) in [5.74, 6) is 0.781. The van der Waals surface area contributed by atoms with Crippen LogP contribution in [0, 0.1) is 17.2 Å². The number of amides is 1. The quantitative estimate of drug-likeness (QED) is 0.602. The molecule has 2 aromatic rings. The molecule has 0 radical (unpaired) electrons. The number of nitrogens with zero attached hydrogens (tertiary/aromatic N) is 3. The molecule has 0 aliphatic rings. The van der Waals surface area contributed by atoms with Gasteiger partial charge in [-0.3, -0.25) is 0 Å². The molecular weight excluding hydrogens is 404 g/mol. The minimum atomic E-state index is -0.662. The Balaban J connectivity index is 2.21. The van der Waals surface area contributed by atoms with E-state index in [2.05, 4.69) is 35.2 Å². The molecule has 172 valence electrons. The van der Waals surface area contributed by atoms with Gasteiger partial charge in [-0.25, -0.2) is 14.8 Å². The van der Waals surface area contributed by atoms with Gasteiger partial charge < -0.3 is 14.8 Å². The molecule has 0 aliphatic heterocycles. The second-order valence-electron chi connectivity index (χ2n) is 9.65. The molecule has 7 nitrogen and oxygen atoms in total. The van der Waals surface area contributed by atoms with E-state index in [9.17, 15) is 10.1 Å². The van der Waals surface area contributed by atoms with Crippen LogP contribution in [0.15, 0.2) is 30.6 Å². The van der Waals surface area contributed by atoms with Gasteiger partial charge in [0.25, 0.3) is 0 Å². The molecule has 0 bridgehead atoms. The van der Waals surface area contributed by atoms with Crippen LogP contribution >= 0.6 is 0 Å². The minimum absolute atomic E-state index is 0.200. The summed E-state index contributed by atoms with van der Waals surface area (Å²) >= 11 is 0. The van der Waals surface area contributed by atoms with E-state index < -0.39 is 17.2 Å². The summed E-state index contributed by atoms with van der Waals surface area (Å²) in [5.41, 5.74) is 1.67. The van der Waals surface area contributed by atoms with Gasteiger partial charge >= 0.3 is 6.09 Å². The van der Waals surface area contributed by atoms with Crippen molar-refractivity contribution in [3.05, 3.63) is 41.9 Å². The van der Waals surface area contributed by atoms with Gasteiger partial charge in [-0.1, -0.05) is 20.8 Å². The highest BCUT2D eigenvalue weighted by molar-refractivity contribution is 5.69. The first-order valence-electron chi connectivity index (χ1n) is 10.9. The van der Waals surface area contributed by atoms with Crippen LogP contribution in [0.1, 0.15) is 66.1 Å². The molecule has 0 fully saturated rings. The van der Waals surface area contributed by atoms with Gasteiger partial charge in [0.2, 0.25) is 0 Å². The number of carbonyl (C=O) groups is 1. The van der Waals surface area contributed by atoms with E-state index in [-0.39, 0.29) is 6.61 Å². The number of alkyl carbamates (subject to hydrolysis) is 1. The molecule has 32 heavy (non-hydrogen) atoms. The molecule has 0 saturated carbocycles. The van der Waals surface area contributed by atoms with Crippen LogP contribution in [0.5, 0.6) is 5.75 Å². The predicted octanol–water partition coefficient (Wildman–Crippen LogP) is 5.29. The Morgan fingerprint density at radius 1 is 1.19 bits per heavy atom. The maximum atomic E-state index is 12.4. The van der Waals surface area contributed by atoms with Crippen LogP contribution in [0.2, 0.25) is 0 Å². The van der Waals surface area contributed by atoms with Crippen molar-refractivity contribution in [1.82, 2.24) is 15.3 Å². The van der Waals surface area contributed by atoms with E-state index in [1.165, 1.54) is 6.33 Å². The third kappa shape index (κ3) is 7.52. The summed E-state index contributed by atoms with van der Waals surface area (Å²) in [6.45, 7) is 13.8. The molecule has 1 heterocycles. The molecule has 7 heteroatoms. The number of nitrogens with one attached hydrogen (secondary N) is 1. The Bertz CT molecular complexity index is 976. The zero-order valence-electron chi connectivity index (χ0n) is 20.2. The van der Waals surface area contributed by atoms with Crippen LogP contribution in [-0.2, 0) is 11.2 Å². The van der Waals surface area contributed by atoms with Crippen LogP contribution in [-0.4, -0.2) is 33.8 Å². The number of hydrogen-bond acceptors (Lipinski definition) is 6. The highest BCUT2D eigenvalue weighted by Gasteiger charge is 2.31. The molecule has 1 aromatic carbocycles. The Kier molecular flexibility index (Phi) is 8.20. The van der Waals surface area contributed by atoms with Gasteiger partial charge in [0.05, 0.1) is 16.8 Å². The lowest BCUT2D eigenvalue weighted by atomic mass is 9.91. The van der Waals surface area contributed by atoms with E-state index in [0.29, 0.717) is 23.7 Å². The summed E-state index contributed by atoms with van der Waals surface area (Å²) in [6, 6.07) is 9.53. The third-order valence-corrected chi connectivity index (χ3v) is 4.69. The molecule has 1 atom stereocenters. The Labute approximate surface area is 191 Å². The Morgan fingerprint density at radius 2 is 1.91 bits per heavy atom. The zero-order chi connectivity index (χ0) is 23.9. The maximum absolute atomic E-state index is 12.4. The van der Waals surface area contributed by atoms with Crippen LogP contribution < -0.4 is 10.1 Å². The average Bonchev–Trinajstić information content (AvgIpc) is 2.70. The lowest BCUT2D eigenvalue weighted by Crippen LogP contribution is -2.52. The number of rotatable bonds is 8. The summed E-state index contributed by atoms with van der Waals surface area (Å²) in [7, 11) is 0. The number of ether oxygens (including phenoxy) is 2. The first kappa shape index (κ1) is 25.1. The number of carbonyl (C=O) groups excluding carboxylic acids is 1. The number of aryl methyl sites for hydroxylation is 1. The SMILES string of the molecule is CCc1cc(-c2ccc(OCC(C)(CC(C)C)NC(=O)OC(C)(C)C)c(C#N)c2)ncn1. The summed E-state index contributed by atoms with van der Waals surface area (Å²) in [4.78, 5) is 20.9. The monoisotopic (exact) mass is 438 g/mol. The fourth-order valence-corrected chi connectivity index (χ4v) is 3.49. The second kappa shape index (κ2) is 10.4. The van der Waals surface area contributed by atoms with Crippen molar-refractivity contribution in [3.63, 3.8) is 0 Å². The molecular formula is C25H34N4O3. The molecule has 1 aromatic heterocycles. The minimum Gasteiger partial charge on any atom is -0.490 e. The first-order chi connectivity index (χ1) is 14.9. The lowest BCUT2D eigenvalue weighted by Gasteiger charge is -2.33. The summed E-state index contributed by atoms with van der Waals surface area (Å²) < 4.78 is 11.5. The van der Waals surface area contributed by atoms with Crippen molar-refractivity contribution in [1.29, 1.82) is 5.26 Å². The van der Waals surface area contributed by atoms with Gasteiger partial charge in [-0.15, -0.1) is 0 Å². The van der Waals surface area contributed by atoms with Gasteiger partial charge in [0.15, 0.2) is 0 Å². The van der Waals surface area contributed by atoms with Gasteiger partial charge in [0.1, 0.15) is 30.4 Å². The van der Waals surface area contributed by atoms with E-state index in [0.717, 1.165) is 23.4 Å². The van der Waals surface area contributed by atoms with Gasteiger partial charge in [-0.05, 0) is 70.7 Å². The molecule has 2 rings (SSSR count). The Morgan fingerprint density at radius 3 is 2.50 bits per heavy atom. The van der Waals surface area contributed by atoms with E-state index >= 15 is 0 Å². The predicted molar refractivity (Wildman–Crippen MR) is 124 cm³/mol. The standard InChI is InChI=1S/C25H34N4O3/c1-8-20-12-21(28-16-27-20)18-9-10-22(19(11-18)14-26)31-15-25(7,13-17(2)3)29-23(30)32-24(4,5)6/h9-12,16-17H,8,13,15H2,1-7H3,(H,29,30). The Hall–Kier alpha value is -3.14. The van der Waals surface area contributed by atoms with Crippen molar-refractivity contribution < 1.29 is 14.3 Å². The summed E-state index contributed by atoms with van der Waals surface area (Å²) in [5, 5.41) is 12.6. The molecule has 0 saturated heterocycles. The molecule has 1 unspecified atom stereocenters. The smallest absolute Gasteiger partial charge is 0.408 e. The number of nitriles is 1. The van der Waals surface area contributed by atoms with Crippen molar-refractivity contribution >= 4 is 6.09 Å².